The number of piperidine rings is 1. The fourth-order valence-corrected chi connectivity index (χ4v) is 3.29. The van der Waals surface area contributed by atoms with E-state index in [-0.39, 0.29) is 0 Å². The fraction of sp³-hybridized carbons (Fsp3) is 0.667. The summed E-state index contributed by atoms with van der Waals surface area (Å²) < 4.78 is 0. The minimum absolute atomic E-state index is 0.525. The molecule has 20 heavy (non-hydrogen) atoms. The molecular formula is C18H30N2. The zero-order valence-electron chi connectivity index (χ0n) is 13.3. The second-order valence-electron chi connectivity index (χ2n) is 6.58. The second-order valence-corrected chi connectivity index (χ2v) is 6.58. The molecule has 0 radical (unpaired) electrons. The highest BCUT2D eigenvalue weighted by atomic mass is 15.2. The van der Waals surface area contributed by atoms with Gasteiger partial charge in [0.05, 0.1) is 0 Å². The maximum Gasteiger partial charge on any atom is 0.0319 e. The van der Waals surface area contributed by atoms with E-state index < -0.39 is 0 Å². The molecule has 2 heteroatoms. The fourth-order valence-electron chi connectivity index (χ4n) is 3.29. The van der Waals surface area contributed by atoms with Crippen molar-refractivity contribution >= 4 is 0 Å². The van der Waals surface area contributed by atoms with Gasteiger partial charge in [-0.25, -0.2) is 0 Å². The Morgan fingerprint density at radius 2 is 1.80 bits per heavy atom. The van der Waals surface area contributed by atoms with E-state index in [1.165, 1.54) is 43.5 Å². The maximum absolute atomic E-state index is 5.72. The van der Waals surface area contributed by atoms with Gasteiger partial charge in [-0.2, -0.15) is 0 Å². The predicted octanol–water partition coefficient (Wildman–Crippen LogP) is 3.93. The van der Waals surface area contributed by atoms with E-state index in [9.17, 15) is 0 Å². The van der Waals surface area contributed by atoms with Crippen LogP contribution < -0.4 is 5.73 Å². The Balaban J connectivity index is 2.00. The molecule has 1 aromatic rings. The van der Waals surface area contributed by atoms with Crippen molar-refractivity contribution in [1.82, 2.24) is 4.90 Å². The first-order valence-electron chi connectivity index (χ1n) is 8.15. The molecule has 0 aromatic heterocycles. The van der Waals surface area contributed by atoms with Crippen molar-refractivity contribution in [3.05, 3.63) is 35.4 Å². The highest BCUT2D eigenvalue weighted by Gasteiger charge is 2.23. The Kier molecular flexibility index (Phi) is 5.62. The Hall–Kier alpha value is -0.860. The minimum Gasteiger partial charge on any atom is -0.330 e. The van der Waals surface area contributed by atoms with Crippen LogP contribution in [-0.2, 0) is 0 Å². The molecule has 0 bridgehead atoms. The largest absolute Gasteiger partial charge is 0.330 e. The van der Waals surface area contributed by atoms with Gasteiger partial charge in [-0.15, -0.1) is 0 Å². The van der Waals surface area contributed by atoms with Crippen LogP contribution in [0.15, 0.2) is 24.3 Å². The standard InChI is InChI=1S/C18H30N2/c1-14(2)17-6-8-18(9-7-17)15(3)20-12-4-5-16(13-20)10-11-19/h6-9,14-16H,4-5,10-13,19H2,1-3H3. The van der Waals surface area contributed by atoms with Crippen LogP contribution in [0.5, 0.6) is 0 Å². The Bertz CT molecular complexity index is 394. The molecule has 1 aromatic carbocycles. The predicted molar refractivity (Wildman–Crippen MR) is 86.9 cm³/mol. The molecule has 1 saturated heterocycles. The van der Waals surface area contributed by atoms with Gasteiger partial charge in [0.2, 0.25) is 0 Å². The normalized spacial score (nSPS) is 22.1. The van der Waals surface area contributed by atoms with E-state index in [2.05, 4.69) is 49.9 Å². The van der Waals surface area contributed by atoms with Gasteiger partial charge in [0.15, 0.2) is 0 Å². The summed E-state index contributed by atoms with van der Waals surface area (Å²) in [6, 6.07) is 9.73. The molecule has 0 aliphatic carbocycles. The number of hydrogen-bond donors (Lipinski definition) is 1. The quantitative estimate of drug-likeness (QED) is 0.881. The van der Waals surface area contributed by atoms with Crippen molar-refractivity contribution in [2.24, 2.45) is 11.7 Å². The third-order valence-corrected chi connectivity index (χ3v) is 4.76. The number of hydrogen-bond acceptors (Lipinski definition) is 2. The Labute approximate surface area is 124 Å². The first-order chi connectivity index (χ1) is 9.61. The Morgan fingerprint density at radius 3 is 2.40 bits per heavy atom. The van der Waals surface area contributed by atoms with E-state index in [0.29, 0.717) is 12.0 Å². The molecule has 2 N–H and O–H groups in total. The lowest BCUT2D eigenvalue weighted by molar-refractivity contribution is 0.128. The third-order valence-electron chi connectivity index (χ3n) is 4.76. The molecule has 112 valence electrons. The molecular weight excluding hydrogens is 244 g/mol. The molecule has 0 saturated carbocycles. The van der Waals surface area contributed by atoms with Crippen molar-refractivity contribution in [3.8, 4) is 0 Å². The highest BCUT2D eigenvalue weighted by Crippen LogP contribution is 2.28. The van der Waals surface area contributed by atoms with E-state index >= 15 is 0 Å². The molecule has 1 heterocycles. The third kappa shape index (κ3) is 3.83. The van der Waals surface area contributed by atoms with Crippen LogP contribution in [0.2, 0.25) is 0 Å². The van der Waals surface area contributed by atoms with Gasteiger partial charge in [0.1, 0.15) is 0 Å². The molecule has 2 unspecified atom stereocenters. The smallest absolute Gasteiger partial charge is 0.0319 e. The summed E-state index contributed by atoms with van der Waals surface area (Å²) in [5, 5.41) is 0. The molecule has 1 fully saturated rings. The van der Waals surface area contributed by atoms with E-state index in [4.69, 9.17) is 5.73 Å². The summed E-state index contributed by atoms with van der Waals surface area (Å²) in [6.45, 7) is 10.1. The zero-order valence-corrected chi connectivity index (χ0v) is 13.3. The summed E-state index contributed by atoms with van der Waals surface area (Å²) in [5.41, 5.74) is 8.60. The van der Waals surface area contributed by atoms with Gasteiger partial charge >= 0.3 is 0 Å². The number of nitrogens with zero attached hydrogens (tertiary/aromatic N) is 1. The molecule has 0 amide bonds. The molecule has 1 aliphatic heterocycles. The van der Waals surface area contributed by atoms with Crippen molar-refractivity contribution in [2.45, 2.75) is 52.0 Å². The summed E-state index contributed by atoms with van der Waals surface area (Å²) in [4.78, 5) is 2.63. The van der Waals surface area contributed by atoms with Crippen LogP contribution >= 0.6 is 0 Å². The van der Waals surface area contributed by atoms with Crippen LogP contribution in [0.1, 0.15) is 63.1 Å². The van der Waals surface area contributed by atoms with Gasteiger partial charge in [-0.1, -0.05) is 38.1 Å². The second kappa shape index (κ2) is 7.24. The number of benzene rings is 1. The first-order valence-corrected chi connectivity index (χ1v) is 8.15. The van der Waals surface area contributed by atoms with Crippen molar-refractivity contribution < 1.29 is 0 Å². The van der Waals surface area contributed by atoms with Gasteiger partial charge in [0, 0.05) is 12.6 Å². The zero-order chi connectivity index (χ0) is 14.5. The van der Waals surface area contributed by atoms with Crippen LogP contribution in [0.3, 0.4) is 0 Å². The highest BCUT2D eigenvalue weighted by molar-refractivity contribution is 5.26. The van der Waals surface area contributed by atoms with Crippen LogP contribution in [0.4, 0.5) is 0 Å². The molecule has 1 aliphatic rings. The van der Waals surface area contributed by atoms with Gasteiger partial charge in [-0.05, 0) is 62.2 Å². The summed E-state index contributed by atoms with van der Waals surface area (Å²) >= 11 is 0. The Morgan fingerprint density at radius 1 is 1.15 bits per heavy atom. The maximum atomic E-state index is 5.72. The van der Waals surface area contributed by atoms with Crippen molar-refractivity contribution in [3.63, 3.8) is 0 Å². The lowest BCUT2D eigenvalue weighted by Gasteiger charge is -2.37. The molecule has 2 atom stereocenters. The van der Waals surface area contributed by atoms with Crippen LogP contribution in [0, 0.1) is 5.92 Å². The number of likely N-dealkylation sites (tertiary alicyclic amines) is 1. The van der Waals surface area contributed by atoms with E-state index in [0.717, 1.165) is 12.5 Å². The average Bonchev–Trinajstić information content (AvgIpc) is 2.47. The van der Waals surface area contributed by atoms with E-state index in [1.807, 2.05) is 0 Å². The van der Waals surface area contributed by atoms with Crippen LogP contribution in [-0.4, -0.2) is 24.5 Å². The topological polar surface area (TPSA) is 29.3 Å². The molecule has 2 nitrogen and oxygen atoms in total. The summed E-state index contributed by atoms with van der Waals surface area (Å²) in [5.74, 6) is 1.41. The van der Waals surface area contributed by atoms with E-state index in [1.54, 1.807) is 0 Å². The number of nitrogens with two attached hydrogens (primary N) is 1. The van der Waals surface area contributed by atoms with Crippen molar-refractivity contribution in [1.29, 1.82) is 0 Å². The average molecular weight is 274 g/mol. The number of rotatable bonds is 5. The lowest BCUT2D eigenvalue weighted by Crippen LogP contribution is -2.37. The van der Waals surface area contributed by atoms with Gasteiger partial charge < -0.3 is 5.73 Å². The SMILES string of the molecule is CC(C)c1ccc(C(C)N2CCCC(CCN)C2)cc1. The monoisotopic (exact) mass is 274 g/mol. The minimum atomic E-state index is 0.525. The molecule has 0 spiro atoms. The van der Waals surface area contributed by atoms with Crippen LogP contribution in [0.25, 0.3) is 0 Å². The van der Waals surface area contributed by atoms with Gasteiger partial charge in [-0.3, -0.25) is 4.90 Å². The first kappa shape index (κ1) is 15.5. The lowest BCUT2D eigenvalue weighted by atomic mass is 9.92. The summed E-state index contributed by atoms with van der Waals surface area (Å²) in [7, 11) is 0. The van der Waals surface area contributed by atoms with Gasteiger partial charge in [0.25, 0.3) is 0 Å². The summed E-state index contributed by atoms with van der Waals surface area (Å²) in [6.07, 6.45) is 3.85. The molecule has 2 rings (SSSR count). The van der Waals surface area contributed by atoms with Crippen molar-refractivity contribution in [2.75, 3.05) is 19.6 Å².